The van der Waals surface area contributed by atoms with Crippen LogP contribution in [0.3, 0.4) is 0 Å². The van der Waals surface area contributed by atoms with E-state index in [0.29, 0.717) is 24.6 Å². The molecule has 0 fully saturated rings. The SMILES string of the molecule is O=C(/C=C/c1ccc2c(c1)OCO2)NCCNC(=O)c1ccco1. The van der Waals surface area contributed by atoms with E-state index < -0.39 is 0 Å². The minimum absolute atomic E-state index is 0.215. The van der Waals surface area contributed by atoms with E-state index in [2.05, 4.69) is 10.6 Å². The fourth-order valence-corrected chi connectivity index (χ4v) is 2.10. The minimum Gasteiger partial charge on any atom is -0.459 e. The normalized spacial score (nSPS) is 12.3. The van der Waals surface area contributed by atoms with Crippen molar-refractivity contribution in [2.75, 3.05) is 19.9 Å². The maximum absolute atomic E-state index is 11.7. The van der Waals surface area contributed by atoms with Crippen LogP contribution in [0.25, 0.3) is 6.08 Å². The Hall–Kier alpha value is -3.22. The highest BCUT2D eigenvalue weighted by atomic mass is 16.7. The lowest BCUT2D eigenvalue weighted by atomic mass is 10.2. The maximum Gasteiger partial charge on any atom is 0.287 e. The summed E-state index contributed by atoms with van der Waals surface area (Å²) in [6.45, 7) is 0.840. The quantitative estimate of drug-likeness (QED) is 0.620. The fourth-order valence-electron chi connectivity index (χ4n) is 2.10. The van der Waals surface area contributed by atoms with Crippen molar-refractivity contribution in [3.05, 3.63) is 54.0 Å². The van der Waals surface area contributed by atoms with Gasteiger partial charge in [-0.25, -0.2) is 0 Å². The summed E-state index contributed by atoms with van der Waals surface area (Å²) in [7, 11) is 0. The van der Waals surface area contributed by atoms with E-state index in [1.165, 1.54) is 12.3 Å². The van der Waals surface area contributed by atoms with Crippen LogP contribution in [0.5, 0.6) is 11.5 Å². The van der Waals surface area contributed by atoms with Crippen molar-refractivity contribution in [3.8, 4) is 11.5 Å². The van der Waals surface area contributed by atoms with Crippen molar-refractivity contribution >= 4 is 17.9 Å². The van der Waals surface area contributed by atoms with Crippen molar-refractivity contribution in [2.24, 2.45) is 0 Å². The zero-order valence-corrected chi connectivity index (χ0v) is 12.8. The second kappa shape index (κ2) is 7.36. The summed E-state index contributed by atoms with van der Waals surface area (Å²) in [5.41, 5.74) is 0.834. The van der Waals surface area contributed by atoms with E-state index in [1.807, 2.05) is 6.07 Å². The Kier molecular flexibility index (Phi) is 4.81. The van der Waals surface area contributed by atoms with Gasteiger partial charge in [0.2, 0.25) is 12.7 Å². The van der Waals surface area contributed by atoms with Gasteiger partial charge in [-0.1, -0.05) is 6.07 Å². The number of furan rings is 1. The second-order valence-electron chi connectivity index (χ2n) is 4.97. The lowest BCUT2D eigenvalue weighted by Crippen LogP contribution is -2.33. The Morgan fingerprint density at radius 3 is 2.75 bits per heavy atom. The predicted octanol–water partition coefficient (Wildman–Crippen LogP) is 1.57. The Morgan fingerprint density at radius 1 is 1.08 bits per heavy atom. The molecule has 0 saturated carbocycles. The van der Waals surface area contributed by atoms with Gasteiger partial charge in [0.1, 0.15) is 0 Å². The third-order valence-corrected chi connectivity index (χ3v) is 3.28. The Morgan fingerprint density at radius 2 is 1.92 bits per heavy atom. The maximum atomic E-state index is 11.7. The highest BCUT2D eigenvalue weighted by Gasteiger charge is 2.12. The van der Waals surface area contributed by atoms with Crippen molar-refractivity contribution in [1.82, 2.24) is 10.6 Å². The molecule has 0 saturated heterocycles. The first-order valence-electron chi connectivity index (χ1n) is 7.39. The number of carbonyl (C=O) groups excluding carboxylic acids is 2. The topological polar surface area (TPSA) is 89.8 Å². The van der Waals surface area contributed by atoms with Gasteiger partial charge in [0.15, 0.2) is 17.3 Å². The van der Waals surface area contributed by atoms with Gasteiger partial charge >= 0.3 is 0 Å². The molecule has 3 rings (SSSR count). The number of fused-ring (bicyclic) bond motifs is 1. The molecule has 2 heterocycles. The zero-order valence-electron chi connectivity index (χ0n) is 12.8. The van der Waals surface area contributed by atoms with Crippen LogP contribution in [-0.2, 0) is 4.79 Å². The van der Waals surface area contributed by atoms with Crippen LogP contribution in [0.1, 0.15) is 16.1 Å². The van der Waals surface area contributed by atoms with Gasteiger partial charge in [-0.15, -0.1) is 0 Å². The van der Waals surface area contributed by atoms with Crippen LogP contribution < -0.4 is 20.1 Å². The summed E-state index contributed by atoms with van der Waals surface area (Å²) in [6.07, 6.45) is 4.53. The molecule has 2 aromatic rings. The number of benzene rings is 1. The molecule has 0 bridgehead atoms. The van der Waals surface area contributed by atoms with Crippen molar-refractivity contribution in [2.45, 2.75) is 0 Å². The number of nitrogens with one attached hydrogen (secondary N) is 2. The molecule has 0 radical (unpaired) electrons. The van der Waals surface area contributed by atoms with Crippen LogP contribution in [0.2, 0.25) is 0 Å². The summed E-state index contributed by atoms with van der Waals surface area (Å²) >= 11 is 0. The van der Waals surface area contributed by atoms with Gasteiger partial charge < -0.3 is 24.5 Å². The molecule has 0 unspecified atom stereocenters. The first kappa shape index (κ1) is 15.7. The van der Waals surface area contributed by atoms with Crippen molar-refractivity contribution in [1.29, 1.82) is 0 Å². The van der Waals surface area contributed by atoms with Crippen LogP contribution in [0, 0.1) is 0 Å². The molecule has 1 aromatic heterocycles. The zero-order chi connectivity index (χ0) is 16.8. The van der Waals surface area contributed by atoms with E-state index >= 15 is 0 Å². The van der Waals surface area contributed by atoms with Crippen LogP contribution in [0.4, 0.5) is 0 Å². The van der Waals surface area contributed by atoms with Crippen LogP contribution >= 0.6 is 0 Å². The van der Waals surface area contributed by atoms with Crippen LogP contribution in [0.15, 0.2) is 47.1 Å². The van der Waals surface area contributed by atoms with Crippen molar-refractivity contribution < 1.29 is 23.5 Å². The number of hydrogen-bond donors (Lipinski definition) is 2. The molecule has 7 heteroatoms. The number of rotatable bonds is 6. The van der Waals surface area contributed by atoms with Gasteiger partial charge in [0.05, 0.1) is 6.26 Å². The monoisotopic (exact) mass is 328 g/mol. The number of ether oxygens (including phenoxy) is 2. The summed E-state index contributed by atoms with van der Waals surface area (Å²) in [5.74, 6) is 1.04. The molecule has 24 heavy (non-hydrogen) atoms. The molecule has 0 aliphatic carbocycles. The van der Waals surface area contributed by atoms with E-state index in [0.717, 1.165) is 5.56 Å². The molecule has 2 amide bonds. The summed E-state index contributed by atoms with van der Waals surface area (Å²) in [4.78, 5) is 23.3. The molecule has 124 valence electrons. The lowest BCUT2D eigenvalue weighted by Gasteiger charge is -2.04. The third kappa shape index (κ3) is 3.95. The largest absolute Gasteiger partial charge is 0.459 e. The third-order valence-electron chi connectivity index (χ3n) is 3.28. The molecule has 0 atom stereocenters. The summed E-state index contributed by atoms with van der Waals surface area (Å²) < 4.78 is 15.5. The molecule has 1 aromatic carbocycles. The number of carbonyl (C=O) groups is 2. The molecular weight excluding hydrogens is 312 g/mol. The predicted molar refractivity (Wildman–Crippen MR) is 85.6 cm³/mol. The van der Waals surface area contributed by atoms with Crippen molar-refractivity contribution in [3.63, 3.8) is 0 Å². The molecule has 2 N–H and O–H groups in total. The highest BCUT2D eigenvalue weighted by molar-refractivity contribution is 5.92. The van der Waals surface area contributed by atoms with Crippen LogP contribution in [-0.4, -0.2) is 31.7 Å². The highest BCUT2D eigenvalue weighted by Crippen LogP contribution is 2.32. The second-order valence-corrected chi connectivity index (χ2v) is 4.97. The standard InChI is InChI=1S/C17H16N2O5/c20-16(18-7-8-19-17(21)14-2-1-9-22-14)6-4-12-3-5-13-15(10-12)24-11-23-13/h1-6,9-10H,7-8,11H2,(H,18,20)(H,19,21)/b6-4+. The number of hydrogen-bond acceptors (Lipinski definition) is 5. The molecular formula is C17H16N2O5. The Bertz CT molecular complexity index is 752. The fraction of sp³-hybridized carbons (Fsp3) is 0.176. The van der Waals surface area contributed by atoms with Gasteiger partial charge in [-0.3, -0.25) is 9.59 Å². The number of amides is 2. The molecule has 1 aliphatic heterocycles. The van der Waals surface area contributed by atoms with Gasteiger partial charge in [0, 0.05) is 19.2 Å². The Balaban J connectivity index is 1.40. The first-order chi connectivity index (χ1) is 11.7. The average molecular weight is 328 g/mol. The van der Waals surface area contributed by atoms with E-state index in [-0.39, 0.29) is 24.4 Å². The lowest BCUT2D eigenvalue weighted by molar-refractivity contribution is -0.116. The molecule has 0 spiro atoms. The molecule has 7 nitrogen and oxygen atoms in total. The first-order valence-corrected chi connectivity index (χ1v) is 7.39. The summed E-state index contributed by atoms with van der Waals surface area (Å²) in [5, 5.41) is 5.32. The van der Waals surface area contributed by atoms with Gasteiger partial charge in [0.25, 0.3) is 5.91 Å². The Labute approximate surface area is 138 Å². The van der Waals surface area contributed by atoms with E-state index in [9.17, 15) is 9.59 Å². The smallest absolute Gasteiger partial charge is 0.287 e. The summed E-state index contributed by atoms with van der Waals surface area (Å²) in [6, 6.07) is 8.64. The van der Waals surface area contributed by atoms with Gasteiger partial charge in [-0.05, 0) is 35.9 Å². The minimum atomic E-state index is -0.315. The van der Waals surface area contributed by atoms with E-state index in [4.69, 9.17) is 13.9 Å². The van der Waals surface area contributed by atoms with Gasteiger partial charge in [-0.2, -0.15) is 0 Å². The molecule has 1 aliphatic rings. The average Bonchev–Trinajstić information content (AvgIpc) is 3.27. The van der Waals surface area contributed by atoms with E-state index in [1.54, 1.807) is 30.3 Å².